The predicted octanol–water partition coefficient (Wildman–Crippen LogP) is 4.15. The molecule has 0 aliphatic carbocycles. The average Bonchev–Trinajstić information content (AvgIpc) is 2.79. The van der Waals surface area contributed by atoms with Crippen LogP contribution >= 0.6 is 0 Å². The Labute approximate surface area is 182 Å². The van der Waals surface area contributed by atoms with Crippen molar-refractivity contribution in [2.24, 2.45) is 0 Å². The van der Waals surface area contributed by atoms with Gasteiger partial charge in [-0.05, 0) is 43.3 Å². The van der Waals surface area contributed by atoms with E-state index in [-0.39, 0.29) is 34.9 Å². The SMILES string of the molecule is CCOC(=O)c1cc(NC(=O)c2ccccc2)c(=O)oc1/C=C/c1ccccc1[N+](=O)[O-]. The van der Waals surface area contributed by atoms with Crippen LogP contribution in [0.4, 0.5) is 11.4 Å². The largest absolute Gasteiger partial charge is 0.462 e. The molecule has 162 valence electrons. The van der Waals surface area contributed by atoms with Crippen LogP contribution in [0.1, 0.15) is 39.0 Å². The third-order valence-corrected chi connectivity index (χ3v) is 4.30. The summed E-state index contributed by atoms with van der Waals surface area (Å²) in [5, 5.41) is 13.6. The topological polar surface area (TPSA) is 129 Å². The van der Waals surface area contributed by atoms with Gasteiger partial charge in [-0.15, -0.1) is 0 Å². The summed E-state index contributed by atoms with van der Waals surface area (Å²) >= 11 is 0. The van der Waals surface area contributed by atoms with E-state index in [1.54, 1.807) is 43.3 Å². The molecule has 3 rings (SSSR count). The van der Waals surface area contributed by atoms with E-state index in [1.165, 1.54) is 30.4 Å². The van der Waals surface area contributed by atoms with Crippen molar-refractivity contribution in [3.05, 3.63) is 104 Å². The third-order valence-electron chi connectivity index (χ3n) is 4.30. The second-order valence-electron chi connectivity index (χ2n) is 6.42. The highest BCUT2D eigenvalue weighted by Gasteiger charge is 2.19. The lowest BCUT2D eigenvalue weighted by Crippen LogP contribution is -2.20. The fourth-order valence-electron chi connectivity index (χ4n) is 2.81. The predicted molar refractivity (Wildman–Crippen MR) is 117 cm³/mol. The molecule has 0 aliphatic heterocycles. The maximum absolute atomic E-state index is 12.5. The smallest absolute Gasteiger partial charge is 0.360 e. The molecule has 0 saturated carbocycles. The molecule has 2 aromatic carbocycles. The molecule has 1 heterocycles. The number of benzene rings is 2. The van der Waals surface area contributed by atoms with Gasteiger partial charge in [0.25, 0.3) is 11.6 Å². The molecule has 32 heavy (non-hydrogen) atoms. The fraction of sp³-hybridized carbons (Fsp3) is 0.0870. The Morgan fingerprint density at radius 2 is 1.78 bits per heavy atom. The van der Waals surface area contributed by atoms with Crippen molar-refractivity contribution >= 4 is 35.4 Å². The van der Waals surface area contributed by atoms with Crippen LogP contribution < -0.4 is 10.9 Å². The molecule has 0 atom stereocenters. The summed E-state index contributed by atoms with van der Waals surface area (Å²) in [4.78, 5) is 47.9. The molecular formula is C23H18N2O7. The Morgan fingerprint density at radius 3 is 2.47 bits per heavy atom. The van der Waals surface area contributed by atoms with Crippen LogP contribution in [-0.2, 0) is 4.74 Å². The minimum Gasteiger partial charge on any atom is -0.462 e. The van der Waals surface area contributed by atoms with Crippen LogP contribution in [0.15, 0.2) is 69.9 Å². The van der Waals surface area contributed by atoms with Crippen molar-refractivity contribution in [1.29, 1.82) is 0 Å². The first kappa shape index (κ1) is 22.2. The Morgan fingerprint density at radius 1 is 1.09 bits per heavy atom. The van der Waals surface area contributed by atoms with Crippen molar-refractivity contribution < 1.29 is 23.7 Å². The van der Waals surface area contributed by atoms with Crippen molar-refractivity contribution in [2.45, 2.75) is 6.92 Å². The Kier molecular flexibility index (Phi) is 6.92. The van der Waals surface area contributed by atoms with Crippen LogP contribution in [0, 0.1) is 10.1 Å². The summed E-state index contributed by atoms with van der Waals surface area (Å²) in [5.41, 5.74) is -0.865. The summed E-state index contributed by atoms with van der Waals surface area (Å²) in [7, 11) is 0. The highest BCUT2D eigenvalue weighted by atomic mass is 16.6. The maximum Gasteiger partial charge on any atom is 0.360 e. The number of nitro groups is 1. The van der Waals surface area contributed by atoms with Crippen LogP contribution in [0.5, 0.6) is 0 Å². The lowest BCUT2D eigenvalue weighted by molar-refractivity contribution is -0.385. The number of rotatable bonds is 7. The number of nitro benzene ring substituents is 1. The molecule has 1 N–H and O–H groups in total. The maximum atomic E-state index is 12.5. The van der Waals surface area contributed by atoms with E-state index < -0.39 is 22.4 Å². The minimum absolute atomic E-state index is 0.0664. The first-order valence-corrected chi connectivity index (χ1v) is 9.54. The molecule has 0 aliphatic rings. The lowest BCUT2D eigenvalue weighted by atomic mass is 10.1. The summed E-state index contributed by atoms with van der Waals surface area (Å²) in [6.07, 6.45) is 2.61. The standard InChI is InChI=1S/C23H18N2O7/c1-2-31-22(27)17-14-18(24-21(26)16-9-4-3-5-10-16)23(28)32-20(17)13-12-15-8-6-7-11-19(15)25(29)30/h3-14H,2H2,1H3,(H,24,26)/b13-12+. The molecule has 1 aromatic heterocycles. The number of hydrogen-bond donors (Lipinski definition) is 1. The van der Waals surface area contributed by atoms with Crippen molar-refractivity contribution in [1.82, 2.24) is 0 Å². The van der Waals surface area contributed by atoms with E-state index in [0.29, 0.717) is 5.56 Å². The molecule has 9 nitrogen and oxygen atoms in total. The molecule has 0 unspecified atom stereocenters. The molecule has 0 fully saturated rings. The van der Waals surface area contributed by atoms with Gasteiger partial charge in [0.2, 0.25) is 0 Å². The number of amides is 1. The average molecular weight is 434 g/mol. The van der Waals surface area contributed by atoms with Crippen LogP contribution in [0.3, 0.4) is 0 Å². The second-order valence-corrected chi connectivity index (χ2v) is 6.42. The van der Waals surface area contributed by atoms with Gasteiger partial charge in [0.05, 0.1) is 17.1 Å². The molecule has 3 aromatic rings. The van der Waals surface area contributed by atoms with Crippen molar-refractivity contribution in [3.8, 4) is 0 Å². The summed E-state index contributed by atoms with van der Waals surface area (Å²) < 4.78 is 10.2. The van der Waals surface area contributed by atoms with Gasteiger partial charge >= 0.3 is 11.6 Å². The van der Waals surface area contributed by atoms with Gasteiger partial charge in [-0.3, -0.25) is 14.9 Å². The molecule has 0 saturated heterocycles. The van der Waals surface area contributed by atoms with E-state index in [0.717, 1.165) is 6.07 Å². The van der Waals surface area contributed by atoms with Gasteiger partial charge in [-0.1, -0.05) is 30.3 Å². The summed E-state index contributed by atoms with van der Waals surface area (Å²) in [5.74, 6) is -1.51. The highest BCUT2D eigenvalue weighted by Crippen LogP contribution is 2.22. The zero-order chi connectivity index (χ0) is 23.1. The number of esters is 1. The molecular weight excluding hydrogens is 416 g/mol. The molecule has 0 spiro atoms. The highest BCUT2D eigenvalue weighted by molar-refractivity contribution is 6.05. The van der Waals surface area contributed by atoms with Crippen LogP contribution in [0.25, 0.3) is 12.2 Å². The number of carbonyl (C=O) groups excluding carboxylic acids is 2. The van der Waals surface area contributed by atoms with E-state index in [2.05, 4.69) is 5.32 Å². The first-order valence-electron chi connectivity index (χ1n) is 9.54. The van der Waals surface area contributed by atoms with Gasteiger partial charge < -0.3 is 14.5 Å². The van der Waals surface area contributed by atoms with Gasteiger partial charge in [0, 0.05) is 11.6 Å². The quantitative estimate of drug-likeness (QED) is 0.336. The van der Waals surface area contributed by atoms with E-state index in [1.807, 2.05) is 0 Å². The molecule has 9 heteroatoms. The number of carbonyl (C=O) groups is 2. The number of anilines is 1. The second kappa shape index (κ2) is 9.98. The van der Waals surface area contributed by atoms with Gasteiger partial charge in [0.15, 0.2) is 0 Å². The van der Waals surface area contributed by atoms with Crippen LogP contribution in [-0.4, -0.2) is 23.4 Å². The zero-order valence-corrected chi connectivity index (χ0v) is 16.9. The van der Waals surface area contributed by atoms with Gasteiger partial charge in [-0.25, -0.2) is 9.59 Å². The number of hydrogen-bond acceptors (Lipinski definition) is 7. The van der Waals surface area contributed by atoms with E-state index in [4.69, 9.17) is 9.15 Å². The molecule has 1 amide bonds. The number of nitrogens with one attached hydrogen (secondary N) is 1. The monoisotopic (exact) mass is 434 g/mol. The van der Waals surface area contributed by atoms with E-state index in [9.17, 15) is 24.5 Å². The number of ether oxygens (including phenoxy) is 1. The molecule has 0 radical (unpaired) electrons. The normalized spacial score (nSPS) is 10.7. The van der Waals surface area contributed by atoms with Crippen LogP contribution in [0.2, 0.25) is 0 Å². The summed E-state index contributed by atoms with van der Waals surface area (Å²) in [6.45, 7) is 1.68. The third kappa shape index (κ3) is 5.14. The first-order chi connectivity index (χ1) is 15.4. The van der Waals surface area contributed by atoms with Crippen molar-refractivity contribution in [2.75, 3.05) is 11.9 Å². The Balaban J connectivity index is 2.00. The minimum atomic E-state index is -0.899. The fourth-order valence-corrected chi connectivity index (χ4v) is 2.81. The van der Waals surface area contributed by atoms with Crippen molar-refractivity contribution in [3.63, 3.8) is 0 Å². The zero-order valence-electron chi connectivity index (χ0n) is 16.9. The number of para-hydroxylation sites is 1. The summed E-state index contributed by atoms with van der Waals surface area (Å²) in [6, 6.07) is 15.3. The Hall–Kier alpha value is -4.53. The van der Waals surface area contributed by atoms with E-state index >= 15 is 0 Å². The van der Waals surface area contributed by atoms with Gasteiger partial charge in [0.1, 0.15) is 17.0 Å². The number of nitrogens with zero attached hydrogens (tertiary/aromatic N) is 1. The van der Waals surface area contributed by atoms with Gasteiger partial charge in [-0.2, -0.15) is 0 Å². The lowest BCUT2D eigenvalue weighted by Gasteiger charge is -2.08. The molecule has 0 bridgehead atoms. The Bertz CT molecular complexity index is 1250.